The summed E-state index contributed by atoms with van der Waals surface area (Å²) in [6.07, 6.45) is 0. The second kappa shape index (κ2) is 6.62. The molecule has 0 aliphatic carbocycles. The lowest BCUT2D eigenvalue weighted by atomic mass is 10.4. The fraction of sp³-hybridized carbons (Fsp3) is 0.364. The molecule has 0 saturated heterocycles. The summed E-state index contributed by atoms with van der Waals surface area (Å²) < 4.78 is 26.1. The van der Waals surface area contributed by atoms with Crippen LogP contribution in [0, 0.1) is 0 Å². The Kier molecular flexibility index (Phi) is 5.64. The highest BCUT2D eigenvalue weighted by atomic mass is 35.5. The van der Waals surface area contributed by atoms with Crippen molar-refractivity contribution in [2.45, 2.75) is 24.8 Å². The van der Waals surface area contributed by atoms with Gasteiger partial charge in [0.2, 0.25) is 10.0 Å². The molecule has 0 amide bonds. The van der Waals surface area contributed by atoms with E-state index in [0.717, 1.165) is 4.31 Å². The van der Waals surface area contributed by atoms with Gasteiger partial charge in [-0.05, 0) is 32.0 Å². The van der Waals surface area contributed by atoms with Crippen molar-refractivity contribution in [3.8, 4) is 0 Å². The SMILES string of the molecule is CC(C)N(CC(N)=NO)S(=O)(=O)c1ccc(Cl)c(Cl)c1. The number of amidine groups is 1. The molecule has 1 aromatic carbocycles. The summed E-state index contributed by atoms with van der Waals surface area (Å²) in [5.74, 6) is -0.206. The first-order valence-electron chi connectivity index (χ1n) is 5.63. The average Bonchev–Trinajstić information content (AvgIpc) is 2.37. The molecule has 0 atom stereocenters. The first kappa shape index (κ1) is 17.0. The van der Waals surface area contributed by atoms with Crippen LogP contribution in [0.25, 0.3) is 0 Å². The van der Waals surface area contributed by atoms with Crippen LogP contribution in [0.15, 0.2) is 28.3 Å². The van der Waals surface area contributed by atoms with Crippen molar-refractivity contribution in [2.75, 3.05) is 6.54 Å². The minimum atomic E-state index is -3.83. The standard InChI is InChI=1S/C11H15Cl2N3O3S/c1-7(2)16(6-11(14)15-17)20(18,19)8-3-4-9(12)10(13)5-8/h3-5,7,17H,6H2,1-2H3,(H2,14,15). The maximum atomic E-state index is 12.5. The second-order valence-electron chi connectivity index (χ2n) is 4.31. The van der Waals surface area contributed by atoms with Crippen molar-refractivity contribution in [2.24, 2.45) is 10.9 Å². The monoisotopic (exact) mass is 339 g/mol. The number of sulfonamides is 1. The molecule has 0 aliphatic heterocycles. The van der Waals surface area contributed by atoms with Crippen molar-refractivity contribution in [3.05, 3.63) is 28.2 Å². The summed E-state index contributed by atoms with van der Waals surface area (Å²) in [5.41, 5.74) is 5.39. The van der Waals surface area contributed by atoms with Crippen molar-refractivity contribution in [1.29, 1.82) is 0 Å². The van der Waals surface area contributed by atoms with Gasteiger partial charge in [-0.3, -0.25) is 0 Å². The van der Waals surface area contributed by atoms with Gasteiger partial charge < -0.3 is 10.9 Å². The summed E-state index contributed by atoms with van der Waals surface area (Å²) in [6.45, 7) is 3.14. The summed E-state index contributed by atoms with van der Waals surface area (Å²) in [4.78, 5) is -0.00802. The molecular weight excluding hydrogens is 325 g/mol. The quantitative estimate of drug-likeness (QED) is 0.371. The van der Waals surface area contributed by atoms with Crippen molar-refractivity contribution < 1.29 is 13.6 Å². The van der Waals surface area contributed by atoms with Crippen LogP contribution in [0.4, 0.5) is 0 Å². The second-order valence-corrected chi connectivity index (χ2v) is 7.02. The van der Waals surface area contributed by atoms with Crippen molar-refractivity contribution in [1.82, 2.24) is 4.31 Å². The molecular formula is C11H15Cl2N3O3S. The minimum Gasteiger partial charge on any atom is -0.409 e. The maximum absolute atomic E-state index is 12.5. The van der Waals surface area contributed by atoms with Crippen molar-refractivity contribution in [3.63, 3.8) is 0 Å². The van der Waals surface area contributed by atoms with E-state index in [-0.39, 0.29) is 33.4 Å². The van der Waals surface area contributed by atoms with Gasteiger partial charge >= 0.3 is 0 Å². The number of nitrogens with zero attached hydrogens (tertiary/aromatic N) is 2. The number of rotatable bonds is 5. The molecule has 0 bridgehead atoms. The number of oxime groups is 1. The molecule has 0 aromatic heterocycles. The molecule has 1 rings (SSSR count). The zero-order chi connectivity index (χ0) is 15.5. The number of halogens is 2. The van der Waals surface area contributed by atoms with Gasteiger partial charge in [0.15, 0.2) is 5.84 Å². The highest BCUT2D eigenvalue weighted by Gasteiger charge is 2.28. The van der Waals surface area contributed by atoms with E-state index in [1.807, 2.05) is 0 Å². The topological polar surface area (TPSA) is 96.0 Å². The third-order valence-electron chi connectivity index (χ3n) is 2.52. The summed E-state index contributed by atoms with van der Waals surface area (Å²) >= 11 is 11.6. The van der Waals surface area contributed by atoms with Crippen LogP contribution in [-0.2, 0) is 10.0 Å². The Morgan fingerprint density at radius 3 is 2.45 bits per heavy atom. The highest BCUT2D eigenvalue weighted by Crippen LogP contribution is 2.27. The molecule has 6 nitrogen and oxygen atoms in total. The van der Waals surface area contributed by atoms with Gasteiger partial charge in [0.1, 0.15) is 0 Å². The molecule has 112 valence electrons. The largest absolute Gasteiger partial charge is 0.409 e. The zero-order valence-electron chi connectivity index (χ0n) is 10.9. The van der Waals surface area contributed by atoms with Gasteiger partial charge in [0.25, 0.3) is 0 Å². The van der Waals surface area contributed by atoms with Gasteiger partial charge in [-0.25, -0.2) is 8.42 Å². The Hall–Kier alpha value is -1.02. The van der Waals surface area contributed by atoms with Gasteiger partial charge in [0.05, 0.1) is 21.5 Å². The average molecular weight is 340 g/mol. The number of hydrogen-bond donors (Lipinski definition) is 2. The van der Waals surface area contributed by atoms with E-state index in [1.165, 1.54) is 18.2 Å². The third-order valence-corrected chi connectivity index (χ3v) is 5.28. The Bertz CT molecular complexity index is 617. The molecule has 0 spiro atoms. The Morgan fingerprint density at radius 1 is 1.40 bits per heavy atom. The van der Waals surface area contributed by atoms with Crippen LogP contribution in [-0.4, -0.2) is 36.4 Å². The molecule has 0 heterocycles. The van der Waals surface area contributed by atoms with Gasteiger partial charge in [-0.15, -0.1) is 0 Å². The number of benzene rings is 1. The summed E-state index contributed by atoms with van der Waals surface area (Å²) in [6, 6.07) is 3.64. The Labute approximate surface area is 127 Å². The summed E-state index contributed by atoms with van der Waals surface area (Å²) in [7, 11) is -3.83. The fourth-order valence-corrected chi connectivity index (χ4v) is 3.51. The van der Waals surface area contributed by atoms with E-state index >= 15 is 0 Å². The molecule has 0 unspecified atom stereocenters. The van der Waals surface area contributed by atoms with Crippen LogP contribution < -0.4 is 5.73 Å². The van der Waals surface area contributed by atoms with Gasteiger partial charge in [-0.1, -0.05) is 28.4 Å². The van der Waals surface area contributed by atoms with E-state index in [4.69, 9.17) is 34.1 Å². The summed E-state index contributed by atoms with van der Waals surface area (Å²) in [5, 5.41) is 11.8. The number of hydrogen-bond acceptors (Lipinski definition) is 4. The van der Waals surface area contributed by atoms with E-state index in [1.54, 1.807) is 13.8 Å². The highest BCUT2D eigenvalue weighted by molar-refractivity contribution is 7.89. The van der Waals surface area contributed by atoms with Crippen LogP contribution in [0.3, 0.4) is 0 Å². The Morgan fingerprint density at radius 2 is 2.00 bits per heavy atom. The Balaban J connectivity index is 3.26. The lowest BCUT2D eigenvalue weighted by molar-refractivity contribution is 0.312. The van der Waals surface area contributed by atoms with E-state index in [0.29, 0.717) is 0 Å². The molecule has 0 radical (unpaired) electrons. The molecule has 0 aliphatic rings. The minimum absolute atomic E-state index is 0.00802. The maximum Gasteiger partial charge on any atom is 0.243 e. The predicted octanol–water partition coefficient (Wildman–Crippen LogP) is 2.14. The molecule has 3 N–H and O–H groups in total. The molecule has 9 heteroatoms. The molecule has 0 saturated carbocycles. The molecule has 1 aromatic rings. The van der Waals surface area contributed by atoms with Crippen LogP contribution in [0.1, 0.15) is 13.8 Å². The fourth-order valence-electron chi connectivity index (χ4n) is 1.51. The van der Waals surface area contributed by atoms with Crippen LogP contribution in [0.2, 0.25) is 10.0 Å². The van der Waals surface area contributed by atoms with Gasteiger partial charge in [0, 0.05) is 6.04 Å². The van der Waals surface area contributed by atoms with E-state index < -0.39 is 10.0 Å². The van der Waals surface area contributed by atoms with Crippen LogP contribution in [0.5, 0.6) is 0 Å². The zero-order valence-corrected chi connectivity index (χ0v) is 13.2. The first-order chi connectivity index (χ1) is 9.20. The lowest BCUT2D eigenvalue weighted by Gasteiger charge is -2.25. The van der Waals surface area contributed by atoms with Crippen molar-refractivity contribution >= 4 is 39.1 Å². The lowest BCUT2D eigenvalue weighted by Crippen LogP contribution is -2.42. The first-order valence-corrected chi connectivity index (χ1v) is 7.83. The number of nitrogens with two attached hydrogens (primary N) is 1. The molecule has 0 fully saturated rings. The predicted molar refractivity (Wildman–Crippen MR) is 78.9 cm³/mol. The molecule has 20 heavy (non-hydrogen) atoms. The van der Waals surface area contributed by atoms with E-state index in [2.05, 4.69) is 5.16 Å². The normalized spacial score (nSPS) is 13.2. The van der Waals surface area contributed by atoms with E-state index in [9.17, 15) is 8.42 Å². The van der Waals surface area contributed by atoms with Crippen LogP contribution >= 0.6 is 23.2 Å². The third kappa shape index (κ3) is 3.76. The smallest absolute Gasteiger partial charge is 0.243 e. The van der Waals surface area contributed by atoms with Gasteiger partial charge in [-0.2, -0.15) is 4.31 Å².